The van der Waals surface area contributed by atoms with E-state index in [0.29, 0.717) is 18.8 Å². The van der Waals surface area contributed by atoms with Gasteiger partial charge in [-0.05, 0) is 25.8 Å². The topological polar surface area (TPSA) is 47.2 Å². The van der Waals surface area contributed by atoms with Crippen molar-refractivity contribution < 1.29 is 9.21 Å². The molecule has 2 heterocycles. The molecule has 0 aliphatic rings. The Hall–Kier alpha value is -2.49. The van der Waals surface area contributed by atoms with Gasteiger partial charge in [0, 0.05) is 25.2 Å². The van der Waals surface area contributed by atoms with Gasteiger partial charge in [-0.15, -0.1) is 0 Å². The zero-order valence-electron chi connectivity index (χ0n) is 14.6. The minimum atomic E-state index is -0.0415. The molecular formula is C20H24N2O2. The number of aryl methyl sites for hydroxylation is 2. The van der Waals surface area contributed by atoms with Gasteiger partial charge in [0.25, 0.3) is 5.91 Å². The van der Waals surface area contributed by atoms with Crippen molar-refractivity contribution in [2.24, 2.45) is 0 Å². The number of fused-ring (bicyclic) bond motifs is 1. The Balaban J connectivity index is 1.96. The average molecular weight is 324 g/mol. The number of carbonyl (C=O) groups excluding carboxylic acids is 1. The highest BCUT2D eigenvalue weighted by Crippen LogP contribution is 2.25. The van der Waals surface area contributed by atoms with Gasteiger partial charge in [0.15, 0.2) is 5.58 Å². The summed E-state index contributed by atoms with van der Waals surface area (Å²) in [5.74, 6) is 0.816. The third kappa shape index (κ3) is 3.37. The Morgan fingerprint density at radius 1 is 1.21 bits per heavy atom. The van der Waals surface area contributed by atoms with Crippen LogP contribution < -0.4 is 5.32 Å². The summed E-state index contributed by atoms with van der Waals surface area (Å²) in [5, 5.41) is 3.00. The molecule has 1 N–H and O–H groups in total. The number of amides is 1. The molecule has 4 heteroatoms. The number of benzene rings is 1. The lowest BCUT2D eigenvalue weighted by molar-refractivity contribution is 0.0944. The van der Waals surface area contributed by atoms with Gasteiger partial charge in [-0.2, -0.15) is 0 Å². The van der Waals surface area contributed by atoms with E-state index in [0.717, 1.165) is 29.7 Å². The molecule has 0 radical (unpaired) electrons. The number of carbonyl (C=O) groups is 1. The van der Waals surface area contributed by atoms with E-state index in [9.17, 15) is 4.79 Å². The molecule has 0 fully saturated rings. The van der Waals surface area contributed by atoms with E-state index in [1.54, 1.807) is 0 Å². The van der Waals surface area contributed by atoms with Gasteiger partial charge in [-0.3, -0.25) is 4.79 Å². The molecule has 0 bridgehead atoms. The minimum Gasteiger partial charge on any atom is -0.460 e. The van der Waals surface area contributed by atoms with E-state index in [1.165, 1.54) is 11.1 Å². The molecule has 4 nitrogen and oxygen atoms in total. The first-order chi connectivity index (χ1) is 11.6. The first kappa shape index (κ1) is 16.4. The number of hydrogen-bond acceptors (Lipinski definition) is 2. The van der Waals surface area contributed by atoms with E-state index in [2.05, 4.69) is 37.4 Å². The van der Waals surface area contributed by atoms with Gasteiger partial charge in [0.05, 0.1) is 5.52 Å². The van der Waals surface area contributed by atoms with Gasteiger partial charge in [-0.25, -0.2) is 0 Å². The number of furan rings is 1. The second kappa shape index (κ2) is 6.95. The van der Waals surface area contributed by atoms with Crippen LogP contribution in [0.3, 0.4) is 0 Å². The minimum absolute atomic E-state index is 0.0415. The predicted molar refractivity (Wildman–Crippen MR) is 96.5 cm³/mol. The molecule has 2 aromatic heterocycles. The molecule has 3 rings (SSSR count). The fourth-order valence-corrected chi connectivity index (χ4v) is 2.99. The molecule has 0 aliphatic heterocycles. The normalized spacial score (nSPS) is 11.1. The first-order valence-corrected chi connectivity index (χ1v) is 8.52. The average Bonchev–Trinajstić information content (AvgIpc) is 3.05. The van der Waals surface area contributed by atoms with Crippen molar-refractivity contribution in [2.45, 2.75) is 40.2 Å². The highest BCUT2D eigenvalue weighted by atomic mass is 16.3. The van der Waals surface area contributed by atoms with Crippen LogP contribution in [0.4, 0.5) is 0 Å². The van der Waals surface area contributed by atoms with Crippen LogP contribution in [0.2, 0.25) is 0 Å². The van der Waals surface area contributed by atoms with Crippen molar-refractivity contribution in [3.8, 4) is 0 Å². The maximum atomic E-state index is 12.6. The molecular weight excluding hydrogens is 300 g/mol. The van der Waals surface area contributed by atoms with Gasteiger partial charge in [-0.1, -0.05) is 43.2 Å². The molecule has 1 amide bonds. The largest absolute Gasteiger partial charge is 0.460 e. The third-order valence-corrected chi connectivity index (χ3v) is 4.18. The lowest BCUT2D eigenvalue weighted by Gasteiger charge is -2.11. The van der Waals surface area contributed by atoms with Crippen LogP contribution in [0.1, 0.15) is 47.1 Å². The number of hydrogen-bond donors (Lipinski definition) is 1. The summed E-state index contributed by atoms with van der Waals surface area (Å²) in [7, 11) is 0. The highest BCUT2D eigenvalue weighted by molar-refractivity contribution is 5.97. The van der Waals surface area contributed by atoms with Gasteiger partial charge < -0.3 is 14.3 Å². The van der Waals surface area contributed by atoms with E-state index in [4.69, 9.17) is 4.42 Å². The lowest BCUT2D eigenvalue weighted by Crippen LogP contribution is -2.27. The number of aromatic nitrogens is 1. The number of unbranched alkanes of at least 4 members (excludes halogenated alkanes) is 1. The van der Waals surface area contributed by atoms with Crippen molar-refractivity contribution in [2.75, 3.05) is 6.54 Å². The van der Waals surface area contributed by atoms with E-state index < -0.39 is 0 Å². The molecule has 0 unspecified atom stereocenters. The number of rotatable bonds is 6. The van der Waals surface area contributed by atoms with Crippen LogP contribution >= 0.6 is 0 Å². The summed E-state index contributed by atoms with van der Waals surface area (Å²) in [5.41, 5.74) is 4.78. The summed E-state index contributed by atoms with van der Waals surface area (Å²) < 4.78 is 7.77. The van der Waals surface area contributed by atoms with Crippen LogP contribution in [0.5, 0.6) is 0 Å². The maximum Gasteiger partial charge on any atom is 0.268 e. The van der Waals surface area contributed by atoms with Gasteiger partial charge in [0.2, 0.25) is 0 Å². The summed E-state index contributed by atoms with van der Waals surface area (Å²) in [6.07, 6.45) is 2.05. The van der Waals surface area contributed by atoms with Crippen molar-refractivity contribution in [1.82, 2.24) is 9.88 Å². The van der Waals surface area contributed by atoms with Crippen LogP contribution in [0, 0.1) is 13.8 Å². The van der Waals surface area contributed by atoms with Crippen LogP contribution in [-0.4, -0.2) is 17.0 Å². The standard InChI is InChI=1S/C20H24N2O2/c1-4-5-9-21-20(23)18-12-19-17(11-15(3)24-19)22(18)13-16-8-6-7-14(2)10-16/h6-8,10-12H,4-5,9,13H2,1-3H3,(H,21,23). The summed E-state index contributed by atoms with van der Waals surface area (Å²) in [6, 6.07) is 12.2. The van der Waals surface area contributed by atoms with Crippen LogP contribution in [0.15, 0.2) is 40.8 Å². The van der Waals surface area contributed by atoms with Crippen molar-refractivity contribution >= 4 is 17.0 Å². The Kier molecular flexibility index (Phi) is 4.74. The van der Waals surface area contributed by atoms with Gasteiger partial charge >= 0.3 is 0 Å². The van der Waals surface area contributed by atoms with E-state index in [1.807, 2.05) is 29.7 Å². The monoisotopic (exact) mass is 324 g/mol. The van der Waals surface area contributed by atoms with Crippen molar-refractivity contribution in [3.63, 3.8) is 0 Å². The maximum absolute atomic E-state index is 12.6. The lowest BCUT2D eigenvalue weighted by atomic mass is 10.1. The number of nitrogens with one attached hydrogen (secondary N) is 1. The summed E-state index contributed by atoms with van der Waals surface area (Å²) in [6.45, 7) is 7.47. The second-order valence-electron chi connectivity index (χ2n) is 6.32. The van der Waals surface area contributed by atoms with E-state index >= 15 is 0 Å². The zero-order valence-corrected chi connectivity index (χ0v) is 14.6. The predicted octanol–water partition coefficient (Wildman–Crippen LogP) is 4.43. The first-order valence-electron chi connectivity index (χ1n) is 8.52. The fraction of sp³-hybridized carbons (Fsp3) is 0.350. The quantitative estimate of drug-likeness (QED) is 0.682. The molecule has 0 saturated carbocycles. The molecule has 0 aliphatic carbocycles. The third-order valence-electron chi connectivity index (χ3n) is 4.18. The molecule has 0 spiro atoms. The Bertz CT molecular complexity index is 858. The molecule has 0 saturated heterocycles. The van der Waals surface area contributed by atoms with Crippen molar-refractivity contribution in [1.29, 1.82) is 0 Å². The second-order valence-corrected chi connectivity index (χ2v) is 6.32. The van der Waals surface area contributed by atoms with E-state index in [-0.39, 0.29) is 5.91 Å². The number of nitrogens with zero attached hydrogens (tertiary/aromatic N) is 1. The Morgan fingerprint density at radius 3 is 2.79 bits per heavy atom. The zero-order chi connectivity index (χ0) is 17.1. The summed E-state index contributed by atoms with van der Waals surface area (Å²) >= 11 is 0. The fourth-order valence-electron chi connectivity index (χ4n) is 2.99. The van der Waals surface area contributed by atoms with Crippen LogP contribution in [-0.2, 0) is 6.54 Å². The molecule has 3 aromatic rings. The highest BCUT2D eigenvalue weighted by Gasteiger charge is 2.18. The van der Waals surface area contributed by atoms with Crippen LogP contribution in [0.25, 0.3) is 11.1 Å². The summed E-state index contributed by atoms with van der Waals surface area (Å²) in [4.78, 5) is 12.6. The molecule has 24 heavy (non-hydrogen) atoms. The Morgan fingerprint density at radius 2 is 2.04 bits per heavy atom. The smallest absolute Gasteiger partial charge is 0.268 e. The van der Waals surface area contributed by atoms with Crippen molar-refractivity contribution in [3.05, 3.63) is 59.0 Å². The van der Waals surface area contributed by atoms with Gasteiger partial charge in [0.1, 0.15) is 11.5 Å². The molecule has 0 atom stereocenters. The Labute approximate surface area is 142 Å². The molecule has 1 aromatic carbocycles. The molecule has 126 valence electrons. The SMILES string of the molecule is CCCCNC(=O)c1cc2oc(C)cc2n1Cc1cccc(C)c1.